The predicted octanol–water partition coefficient (Wildman–Crippen LogP) is 4.21. The molecule has 2 aromatic carbocycles. The SMILES string of the molecule is CCn1ccc2cc(S(=O)(=O)N3CCCN(C(=O)Nc4cc(C)cc(C)c4)CC3)ccc21. The van der Waals surface area contributed by atoms with E-state index in [4.69, 9.17) is 0 Å². The number of urea groups is 1. The van der Waals surface area contributed by atoms with E-state index in [-0.39, 0.29) is 12.6 Å². The molecule has 0 saturated carbocycles. The van der Waals surface area contributed by atoms with Crippen LogP contribution < -0.4 is 5.32 Å². The van der Waals surface area contributed by atoms with Crippen LogP contribution in [0, 0.1) is 13.8 Å². The van der Waals surface area contributed by atoms with E-state index in [1.807, 2.05) is 44.3 Å². The van der Waals surface area contributed by atoms with Crippen LogP contribution in [0.25, 0.3) is 10.9 Å². The van der Waals surface area contributed by atoms with Crippen molar-refractivity contribution in [2.75, 3.05) is 31.5 Å². The first kappa shape index (κ1) is 22.4. The van der Waals surface area contributed by atoms with Crippen LogP contribution >= 0.6 is 0 Å². The van der Waals surface area contributed by atoms with Crippen molar-refractivity contribution in [2.45, 2.75) is 38.6 Å². The number of hydrogen-bond donors (Lipinski definition) is 1. The Hall–Kier alpha value is -2.84. The van der Waals surface area contributed by atoms with Crippen LogP contribution in [0.3, 0.4) is 0 Å². The van der Waals surface area contributed by atoms with E-state index >= 15 is 0 Å². The van der Waals surface area contributed by atoms with Crippen LogP contribution in [0.15, 0.2) is 53.6 Å². The molecule has 2 heterocycles. The maximum atomic E-state index is 13.3. The largest absolute Gasteiger partial charge is 0.348 e. The van der Waals surface area contributed by atoms with Gasteiger partial charge in [0.15, 0.2) is 0 Å². The molecule has 170 valence electrons. The van der Waals surface area contributed by atoms with E-state index in [0.717, 1.165) is 34.3 Å². The molecule has 1 fully saturated rings. The van der Waals surface area contributed by atoms with Crippen molar-refractivity contribution >= 4 is 32.6 Å². The van der Waals surface area contributed by atoms with Gasteiger partial charge >= 0.3 is 6.03 Å². The third kappa shape index (κ3) is 4.52. The van der Waals surface area contributed by atoms with Crippen LogP contribution in [0.5, 0.6) is 0 Å². The molecule has 32 heavy (non-hydrogen) atoms. The summed E-state index contributed by atoms with van der Waals surface area (Å²) in [5.41, 5.74) is 3.95. The predicted molar refractivity (Wildman–Crippen MR) is 127 cm³/mol. The second-order valence-corrected chi connectivity index (χ2v) is 10.3. The highest BCUT2D eigenvalue weighted by molar-refractivity contribution is 7.89. The molecule has 0 aliphatic carbocycles. The first-order valence-electron chi connectivity index (χ1n) is 11.0. The Labute approximate surface area is 189 Å². The topological polar surface area (TPSA) is 74.7 Å². The van der Waals surface area contributed by atoms with E-state index in [9.17, 15) is 13.2 Å². The van der Waals surface area contributed by atoms with Crippen molar-refractivity contribution in [1.82, 2.24) is 13.8 Å². The molecule has 1 aliphatic heterocycles. The highest BCUT2D eigenvalue weighted by Gasteiger charge is 2.28. The fourth-order valence-electron chi connectivity index (χ4n) is 4.35. The number of hydrogen-bond acceptors (Lipinski definition) is 3. The van der Waals surface area contributed by atoms with Gasteiger partial charge in [-0.1, -0.05) is 6.07 Å². The van der Waals surface area contributed by atoms with Gasteiger partial charge in [0.1, 0.15) is 0 Å². The van der Waals surface area contributed by atoms with Gasteiger partial charge in [0.2, 0.25) is 10.0 Å². The molecule has 1 N–H and O–H groups in total. The lowest BCUT2D eigenvalue weighted by molar-refractivity contribution is 0.214. The van der Waals surface area contributed by atoms with Gasteiger partial charge in [-0.2, -0.15) is 4.31 Å². The fourth-order valence-corrected chi connectivity index (χ4v) is 5.86. The maximum absolute atomic E-state index is 13.3. The zero-order valence-corrected chi connectivity index (χ0v) is 19.7. The van der Waals surface area contributed by atoms with Crippen LogP contribution in [0.2, 0.25) is 0 Å². The van der Waals surface area contributed by atoms with Gasteiger partial charge in [-0.25, -0.2) is 13.2 Å². The Kier molecular flexibility index (Phi) is 6.26. The zero-order chi connectivity index (χ0) is 22.9. The Morgan fingerprint density at radius 1 is 0.969 bits per heavy atom. The van der Waals surface area contributed by atoms with E-state index in [1.54, 1.807) is 17.0 Å². The fraction of sp³-hybridized carbons (Fsp3) is 0.375. The highest BCUT2D eigenvalue weighted by atomic mass is 32.2. The number of carbonyl (C=O) groups excluding carboxylic acids is 1. The number of nitrogens with zero attached hydrogens (tertiary/aromatic N) is 3. The molecule has 3 aromatic rings. The number of rotatable bonds is 4. The van der Waals surface area contributed by atoms with Crippen molar-refractivity contribution in [3.8, 4) is 0 Å². The van der Waals surface area contributed by atoms with E-state index in [1.165, 1.54) is 4.31 Å². The van der Waals surface area contributed by atoms with E-state index in [2.05, 4.69) is 22.9 Å². The maximum Gasteiger partial charge on any atom is 0.321 e. The number of aryl methyl sites for hydroxylation is 3. The first-order chi connectivity index (χ1) is 15.3. The van der Waals surface area contributed by atoms with Gasteiger partial charge in [-0.05, 0) is 74.7 Å². The Bertz CT molecular complexity index is 1230. The lowest BCUT2D eigenvalue weighted by Crippen LogP contribution is -2.39. The van der Waals surface area contributed by atoms with Gasteiger partial charge in [0.05, 0.1) is 4.90 Å². The van der Waals surface area contributed by atoms with Gasteiger partial charge < -0.3 is 14.8 Å². The molecule has 4 rings (SSSR count). The van der Waals surface area contributed by atoms with Crippen molar-refractivity contribution in [3.63, 3.8) is 0 Å². The molecular weight excluding hydrogens is 424 g/mol. The van der Waals surface area contributed by atoms with Crippen LogP contribution in [0.1, 0.15) is 24.5 Å². The monoisotopic (exact) mass is 454 g/mol. The molecule has 0 unspecified atom stereocenters. The zero-order valence-electron chi connectivity index (χ0n) is 18.8. The molecular formula is C24H30N4O3S. The molecule has 0 spiro atoms. The summed E-state index contributed by atoms with van der Waals surface area (Å²) >= 11 is 0. The molecule has 2 amide bonds. The van der Waals surface area contributed by atoms with Crippen LogP contribution in [-0.4, -0.2) is 54.4 Å². The average molecular weight is 455 g/mol. The summed E-state index contributed by atoms with van der Waals surface area (Å²) in [5.74, 6) is 0. The van der Waals surface area contributed by atoms with E-state index in [0.29, 0.717) is 31.0 Å². The number of amides is 2. The average Bonchev–Trinajstić information content (AvgIpc) is 2.98. The molecule has 0 radical (unpaired) electrons. The standard InChI is InChI=1S/C24H30N4O3S/c1-4-26-11-8-20-17-22(6-7-23(20)26)32(30,31)28-10-5-9-27(12-13-28)24(29)25-21-15-18(2)14-19(3)16-21/h6-8,11,14-17H,4-5,9-10,12-13H2,1-3H3,(H,25,29). The van der Waals surface area contributed by atoms with Gasteiger partial charge in [-0.3, -0.25) is 0 Å². The summed E-state index contributed by atoms with van der Waals surface area (Å²) in [5, 5.41) is 3.87. The minimum Gasteiger partial charge on any atom is -0.348 e. The Morgan fingerprint density at radius 2 is 1.72 bits per heavy atom. The van der Waals surface area contributed by atoms with Crippen molar-refractivity contribution in [1.29, 1.82) is 0 Å². The minimum atomic E-state index is -3.63. The number of nitrogens with one attached hydrogen (secondary N) is 1. The number of anilines is 1. The summed E-state index contributed by atoms with van der Waals surface area (Å²) in [7, 11) is -3.63. The lowest BCUT2D eigenvalue weighted by atomic mass is 10.1. The molecule has 1 aromatic heterocycles. The summed E-state index contributed by atoms with van der Waals surface area (Å²) in [6, 6.07) is 13.0. The van der Waals surface area contributed by atoms with Gasteiger partial charge in [0, 0.05) is 55.5 Å². The minimum absolute atomic E-state index is 0.198. The van der Waals surface area contributed by atoms with Crippen molar-refractivity contribution < 1.29 is 13.2 Å². The molecule has 0 atom stereocenters. The molecule has 1 saturated heterocycles. The smallest absolute Gasteiger partial charge is 0.321 e. The molecule has 0 bridgehead atoms. The summed E-state index contributed by atoms with van der Waals surface area (Å²) in [6.45, 7) is 8.41. The van der Waals surface area contributed by atoms with E-state index < -0.39 is 10.0 Å². The summed E-state index contributed by atoms with van der Waals surface area (Å²) in [6.07, 6.45) is 2.56. The van der Waals surface area contributed by atoms with Crippen molar-refractivity contribution in [2.24, 2.45) is 0 Å². The van der Waals surface area contributed by atoms with Gasteiger partial charge in [0.25, 0.3) is 0 Å². The molecule has 1 aliphatic rings. The second-order valence-electron chi connectivity index (χ2n) is 8.37. The number of fused-ring (bicyclic) bond motifs is 1. The lowest BCUT2D eigenvalue weighted by Gasteiger charge is -2.22. The highest BCUT2D eigenvalue weighted by Crippen LogP contribution is 2.24. The second kappa shape index (κ2) is 8.96. The van der Waals surface area contributed by atoms with Crippen LogP contribution in [-0.2, 0) is 16.6 Å². The molecule has 8 heteroatoms. The summed E-state index contributed by atoms with van der Waals surface area (Å²) in [4.78, 5) is 14.8. The first-order valence-corrected chi connectivity index (χ1v) is 12.4. The Balaban J connectivity index is 1.46. The number of sulfonamides is 1. The Morgan fingerprint density at radius 3 is 2.44 bits per heavy atom. The number of aromatic nitrogens is 1. The van der Waals surface area contributed by atoms with Crippen molar-refractivity contribution in [3.05, 3.63) is 59.8 Å². The molecule has 7 nitrogen and oxygen atoms in total. The normalized spacial score (nSPS) is 15.7. The third-order valence-electron chi connectivity index (χ3n) is 5.94. The third-order valence-corrected chi connectivity index (χ3v) is 7.83. The summed E-state index contributed by atoms with van der Waals surface area (Å²) < 4.78 is 30.2. The van der Waals surface area contributed by atoms with Crippen LogP contribution in [0.4, 0.5) is 10.5 Å². The van der Waals surface area contributed by atoms with Gasteiger partial charge in [-0.15, -0.1) is 0 Å². The number of benzene rings is 2. The quantitative estimate of drug-likeness (QED) is 0.642. The number of carbonyl (C=O) groups is 1.